The van der Waals surface area contributed by atoms with Crippen molar-refractivity contribution in [2.75, 3.05) is 47.1 Å². The zero-order valence-corrected chi connectivity index (χ0v) is 19.7. The molecule has 2 saturated heterocycles. The topological polar surface area (TPSA) is 72.8 Å². The van der Waals surface area contributed by atoms with Crippen LogP contribution in [0.4, 0.5) is 0 Å². The SMILES string of the molecule is COc1ccc(C2=NN(C(=O)CN3CCC4(CC3)OCCO4)C(c3ccc(OC)cc3)C2)cc1. The largest absolute Gasteiger partial charge is 0.497 e. The Morgan fingerprint density at radius 2 is 1.56 bits per heavy atom. The van der Waals surface area contributed by atoms with Gasteiger partial charge in [0.1, 0.15) is 11.5 Å². The third-order valence-corrected chi connectivity index (χ3v) is 6.88. The van der Waals surface area contributed by atoms with Crippen molar-refractivity contribution in [3.8, 4) is 11.5 Å². The highest BCUT2D eigenvalue weighted by molar-refractivity contribution is 6.03. The van der Waals surface area contributed by atoms with Crippen molar-refractivity contribution in [1.29, 1.82) is 0 Å². The summed E-state index contributed by atoms with van der Waals surface area (Å²) in [5.41, 5.74) is 2.92. The number of rotatable bonds is 6. The summed E-state index contributed by atoms with van der Waals surface area (Å²) in [6, 6.07) is 15.5. The molecule has 5 rings (SSSR count). The number of carbonyl (C=O) groups excluding carboxylic acids is 1. The van der Waals surface area contributed by atoms with Gasteiger partial charge in [0.05, 0.1) is 45.7 Å². The van der Waals surface area contributed by atoms with Crippen LogP contribution in [0.1, 0.15) is 36.4 Å². The van der Waals surface area contributed by atoms with Gasteiger partial charge in [-0.1, -0.05) is 12.1 Å². The van der Waals surface area contributed by atoms with Crippen LogP contribution >= 0.6 is 0 Å². The average molecular weight is 466 g/mol. The van der Waals surface area contributed by atoms with Gasteiger partial charge in [0, 0.05) is 32.4 Å². The van der Waals surface area contributed by atoms with Crippen LogP contribution < -0.4 is 9.47 Å². The molecular weight excluding hydrogens is 434 g/mol. The van der Waals surface area contributed by atoms with Crippen molar-refractivity contribution in [2.45, 2.75) is 31.1 Å². The van der Waals surface area contributed by atoms with Gasteiger partial charge in [-0.25, -0.2) is 5.01 Å². The van der Waals surface area contributed by atoms with E-state index in [1.165, 1.54) is 0 Å². The molecule has 2 aromatic carbocycles. The molecule has 2 fully saturated rings. The zero-order valence-electron chi connectivity index (χ0n) is 19.7. The predicted octanol–water partition coefficient (Wildman–Crippen LogP) is 3.22. The van der Waals surface area contributed by atoms with Gasteiger partial charge in [0.2, 0.25) is 0 Å². The summed E-state index contributed by atoms with van der Waals surface area (Å²) in [5.74, 6) is 1.13. The highest BCUT2D eigenvalue weighted by atomic mass is 16.7. The van der Waals surface area contributed by atoms with Crippen LogP contribution in [-0.2, 0) is 14.3 Å². The van der Waals surface area contributed by atoms with Crippen LogP contribution in [0.15, 0.2) is 53.6 Å². The van der Waals surface area contributed by atoms with Crippen LogP contribution in [0.25, 0.3) is 0 Å². The fourth-order valence-electron chi connectivity index (χ4n) is 4.89. The van der Waals surface area contributed by atoms with Gasteiger partial charge in [0.15, 0.2) is 5.79 Å². The molecule has 0 bridgehead atoms. The molecule has 0 saturated carbocycles. The third-order valence-electron chi connectivity index (χ3n) is 6.88. The Labute approximate surface area is 200 Å². The molecule has 2 aromatic rings. The fourth-order valence-corrected chi connectivity index (χ4v) is 4.89. The number of hydrazone groups is 1. The van der Waals surface area contributed by atoms with E-state index < -0.39 is 5.79 Å². The number of benzene rings is 2. The lowest BCUT2D eigenvalue weighted by Crippen LogP contribution is -2.48. The standard InChI is InChI=1S/C26H31N3O5/c1-31-21-7-3-19(4-8-21)23-17-24(20-5-9-22(32-2)10-6-20)29(27-23)25(30)18-28-13-11-26(12-14-28)33-15-16-34-26/h3-10,24H,11-18H2,1-2H3. The summed E-state index contributed by atoms with van der Waals surface area (Å²) in [7, 11) is 3.30. The van der Waals surface area contributed by atoms with Crippen molar-refractivity contribution >= 4 is 11.6 Å². The summed E-state index contributed by atoms with van der Waals surface area (Å²) >= 11 is 0. The first-order valence-electron chi connectivity index (χ1n) is 11.8. The number of carbonyl (C=O) groups is 1. The van der Waals surface area contributed by atoms with E-state index in [0.29, 0.717) is 26.2 Å². The van der Waals surface area contributed by atoms with Crippen LogP contribution in [0.2, 0.25) is 0 Å². The third kappa shape index (κ3) is 4.66. The van der Waals surface area contributed by atoms with Crippen molar-refractivity contribution in [1.82, 2.24) is 9.91 Å². The van der Waals surface area contributed by atoms with Crippen molar-refractivity contribution in [2.24, 2.45) is 5.10 Å². The van der Waals surface area contributed by atoms with E-state index in [-0.39, 0.29) is 11.9 Å². The van der Waals surface area contributed by atoms with Gasteiger partial charge in [-0.05, 0) is 47.5 Å². The number of amides is 1. The Kier molecular flexibility index (Phi) is 6.54. The maximum atomic E-state index is 13.5. The molecule has 1 amide bonds. The Balaban J connectivity index is 1.33. The summed E-state index contributed by atoms with van der Waals surface area (Å²) in [6.07, 6.45) is 2.21. The number of nitrogens with zero attached hydrogens (tertiary/aromatic N) is 3. The number of methoxy groups -OCH3 is 2. The molecule has 0 aromatic heterocycles. The predicted molar refractivity (Wildman–Crippen MR) is 127 cm³/mol. The first-order chi connectivity index (χ1) is 16.6. The lowest BCUT2D eigenvalue weighted by atomic mass is 9.98. The monoisotopic (exact) mass is 465 g/mol. The maximum absolute atomic E-state index is 13.5. The normalized spacial score (nSPS) is 22.1. The summed E-state index contributed by atoms with van der Waals surface area (Å²) in [5, 5.41) is 6.46. The van der Waals surface area contributed by atoms with Crippen LogP contribution in [0.3, 0.4) is 0 Å². The number of hydrogen-bond donors (Lipinski definition) is 0. The first kappa shape index (κ1) is 22.8. The molecule has 3 aliphatic heterocycles. The van der Waals surface area contributed by atoms with Crippen LogP contribution in [-0.4, -0.2) is 74.4 Å². The highest BCUT2D eigenvalue weighted by Gasteiger charge is 2.41. The number of hydrogen-bond acceptors (Lipinski definition) is 7. The minimum Gasteiger partial charge on any atom is -0.497 e. The van der Waals surface area contributed by atoms with Crippen molar-refractivity contribution in [3.05, 3.63) is 59.7 Å². The number of ether oxygens (including phenoxy) is 4. The van der Waals surface area contributed by atoms with E-state index in [9.17, 15) is 4.79 Å². The summed E-state index contributed by atoms with van der Waals surface area (Å²) in [4.78, 5) is 15.7. The van der Waals surface area contributed by atoms with Crippen molar-refractivity contribution < 1.29 is 23.7 Å². The maximum Gasteiger partial charge on any atom is 0.257 e. The smallest absolute Gasteiger partial charge is 0.257 e. The molecule has 0 aliphatic carbocycles. The van der Waals surface area contributed by atoms with Gasteiger partial charge in [-0.15, -0.1) is 0 Å². The fraction of sp³-hybridized carbons (Fsp3) is 0.462. The minimum absolute atomic E-state index is 0.00598. The molecule has 0 radical (unpaired) electrons. The molecule has 8 nitrogen and oxygen atoms in total. The second kappa shape index (κ2) is 9.74. The number of likely N-dealkylation sites (tertiary alicyclic amines) is 1. The van der Waals surface area contributed by atoms with Gasteiger partial charge in [0.25, 0.3) is 5.91 Å². The molecular formula is C26H31N3O5. The molecule has 34 heavy (non-hydrogen) atoms. The highest BCUT2D eigenvalue weighted by Crippen LogP contribution is 2.35. The van der Waals surface area contributed by atoms with E-state index in [1.807, 2.05) is 48.5 Å². The lowest BCUT2D eigenvalue weighted by Gasteiger charge is -2.37. The molecule has 1 unspecified atom stereocenters. The average Bonchev–Trinajstić information content (AvgIpc) is 3.54. The lowest BCUT2D eigenvalue weighted by molar-refractivity contribution is -0.186. The zero-order chi connectivity index (χ0) is 23.5. The molecule has 3 aliphatic rings. The van der Waals surface area contributed by atoms with Crippen LogP contribution in [0.5, 0.6) is 11.5 Å². The Morgan fingerprint density at radius 1 is 0.971 bits per heavy atom. The van der Waals surface area contributed by atoms with E-state index in [2.05, 4.69) is 4.90 Å². The number of piperidine rings is 1. The molecule has 1 atom stereocenters. The minimum atomic E-state index is -0.446. The Bertz CT molecular complexity index is 1020. The quantitative estimate of drug-likeness (QED) is 0.652. The van der Waals surface area contributed by atoms with Crippen molar-refractivity contribution in [3.63, 3.8) is 0 Å². The van der Waals surface area contributed by atoms with E-state index >= 15 is 0 Å². The van der Waals surface area contributed by atoms with Crippen LogP contribution in [0, 0.1) is 0 Å². The Hall–Kier alpha value is -2.94. The summed E-state index contributed by atoms with van der Waals surface area (Å²) in [6.45, 7) is 3.16. The molecule has 8 heteroatoms. The van der Waals surface area contributed by atoms with E-state index in [4.69, 9.17) is 24.0 Å². The first-order valence-corrected chi connectivity index (χ1v) is 11.8. The van der Waals surface area contributed by atoms with Gasteiger partial charge >= 0.3 is 0 Å². The summed E-state index contributed by atoms with van der Waals surface area (Å²) < 4.78 is 22.2. The second-order valence-corrected chi connectivity index (χ2v) is 8.89. The molecule has 1 spiro atoms. The second-order valence-electron chi connectivity index (χ2n) is 8.89. The molecule has 3 heterocycles. The van der Waals surface area contributed by atoms with E-state index in [1.54, 1.807) is 19.2 Å². The van der Waals surface area contributed by atoms with Gasteiger partial charge < -0.3 is 18.9 Å². The molecule has 180 valence electrons. The van der Waals surface area contributed by atoms with E-state index in [0.717, 1.165) is 54.3 Å². The van der Waals surface area contributed by atoms with Gasteiger partial charge in [-0.3, -0.25) is 9.69 Å². The van der Waals surface area contributed by atoms with Gasteiger partial charge in [-0.2, -0.15) is 5.10 Å². The Morgan fingerprint density at radius 3 is 2.15 bits per heavy atom. The molecule has 0 N–H and O–H groups in total.